The van der Waals surface area contributed by atoms with Crippen molar-refractivity contribution < 1.29 is 4.74 Å². The second kappa shape index (κ2) is 7.87. The third-order valence-electron chi connectivity index (χ3n) is 2.75. The van der Waals surface area contributed by atoms with E-state index < -0.39 is 0 Å². The highest BCUT2D eigenvalue weighted by molar-refractivity contribution is 5.20. The Morgan fingerprint density at radius 3 is 2.71 bits per heavy atom. The van der Waals surface area contributed by atoms with E-state index in [2.05, 4.69) is 18.9 Å². The summed E-state index contributed by atoms with van der Waals surface area (Å²) in [6.45, 7) is 6.76. The first kappa shape index (κ1) is 13.7. The fourth-order valence-electron chi connectivity index (χ4n) is 1.57. The minimum absolute atomic E-state index is 0.242. The van der Waals surface area contributed by atoms with Crippen LogP contribution < -0.4 is 16.0 Å². The van der Waals surface area contributed by atoms with Crippen LogP contribution in [0.2, 0.25) is 0 Å². The predicted molar refractivity (Wildman–Crippen MR) is 71.7 cm³/mol. The summed E-state index contributed by atoms with van der Waals surface area (Å²) in [5.41, 5.74) is 4.03. The molecule has 0 radical (unpaired) electrons. The molecule has 0 aliphatic carbocycles. The van der Waals surface area contributed by atoms with E-state index in [9.17, 15) is 0 Å². The van der Waals surface area contributed by atoms with Crippen LogP contribution in [0.5, 0.6) is 5.75 Å². The second-order valence-corrected chi connectivity index (χ2v) is 4.12. The molecule has 0 saturated heterocycles. The summed E-state index contributed by atoms with van der Waals surface area (Å²) in [5.74, 6) is 6.41. The molecule has 0 aliphatic heterocycles. The van der Waals surface area contributed by atoms with E-state index >= 15 is 0 Å². The monoisotopic (exact) mass is 234 g/mol. The average Bonchev–Trinajstić information content (AvgIpc) is 2.38. The molecule has 0 bridgehead atoms. The summed E-state index contributed by atoms with van der Waals surface area (Å²) < 4.78 is 5.63. The quantitative estimate of drug-likeness (QED) is 0.413. The van der Waals surface area contributed by atoms with Crippen molar-refractivity contribution in [2.45, 2.75) is 32.2 Å². The fraction of sp³-hybridized carbons (Fsp3) is 0.429. The number of ether oxygens (including phenoxy) is 1. The molecule has 1 atom stereocenters. The summed E-state index contributed by atoms with van der Waals surface area (Å²) in [6.07, 6.45) is 2.79. The van der Waals surface area contributed by atoms with Crippen LogP contribution >= 0.6 is 0 Å². The van der Waals surface area contributed by atoms with E-state index in [0.29, 0.717) is 6.61 Å². The fourth-order valence-corrected chi connectivity index (χ4v) is 1.57. The van der Waals surface area contributed by atoms with E-state index in [4.69, 9.17) is 10.6 Å². The van der Waals surface area contributed by atoms with Crippen molar-refractivity contribution in [3.63, 3.8) is 0 Å². The van der Waals surface area contributed by atoms with Gasteiger partial charge in [0.25, 0.3) is 0 Å². The molecule has 0 spiro atoms. The normalized spacial score (nSPS) is 12.1. The Hall–Kier alpha value is -1.32. The van der Waals surface area contributed by atoms with E-state index in [-0.39, 0.29) is 6.04 Å². The first-order valence-electron chi connectivity index (χ1n) is 6.07. The lowest BCUT2D eigenvalue weighted by molar-refractivity contribution is 0.285. The predicted octanol–water partition coefficient (Wildman–Crippen LogP) is 2.64. The smallest absolute Gasteiger partial charge is 0.119 e. The molecule has 17 heavy (non-hydrogen) atoms. The van der Waals surface area contributed by atoms with E-state index in [1.807, 2.05) is 30.3 Å². The highest BCUT2D eigenvalue weighted by Gasteiger charge is 2.07. The number of hydrogen-bond donors (Lipinski definition) is 2. The minimum Gasteiger partial charge on any atom is -0.494 e. The molecule has 0 aromatic heterocycles. The maximum Gasteiger partial charge on any atom is 0.119 e. The SMILES string of the molecule is C=C(CC)CC(CCOc1ccccc1)NN. The molecule has 1 unspecified atom stereocenters. The molecule has 1 rings (SSSR count). The van der Waals surface area contributed by atoms with Gasteiger partial charge in [-0.05, 0) is 31.4 Å². The number of hydrazine groups is 1. The Kier molecular flexibility index (Phi) is 6.37. The van der Waals surface area contributed by atoms with Crippen LogP contribution in [-0.4, -0.2) is 12.6 Å². The molecular formula is C14H22N2O. The van der Waals surface area contributed by atoms with Crippen molar-refractivity contribution in [2.24, 2.45) is 5.84 Å². The van der Waals surface area contributed by atoms with Crippen molar-refractivity contribution in [1.29, 1.82) is 0 Å². The Morgan fingerprint density at radius 2 is 2.12 bits per heavy atom. The van der Waals surface area contributed by atoms with Gasteiger partial charge in [0.2, 0.25) is 0 Å². The van der Waals surface area contributed by atoms with Crippen LogP contribution in [0.1, 0.15) is 26.2 Å². The Balaban J connectivity index is 2.26. The van der Waals surface area contributed by atoms with Crippen molar-refractivity contribution in [1.82, 2.24) is 5.43 Å². The average molecular weight is 234 g/mol. The number of nitrogens with two attached hydrogens (primary N) is 1. The van der Waals surface area contributed by atoms with Gasteiger partial charge in [-0.3, -0.25) is 11.3 Å². The van der Waals surface area contributed by atoms with Gasteiger partial charge in [0.1, 0.15) is 5.75 Å². The molecule has 1 aromatic carbocycles. The largest absolute Gasteiger partial charge is 0.494 e. The number of hydrogen-bond acceptors (Lipinski definition) is 3. The molecule has 0 fully saturated rings. The van der Waals surface area contributed by atoms with Gasteiger partial charge in [0.05, 0.1) is 6.61 Å². The van der Waals surface area contributed by atoms with E-state index in [1.165, 1.54) is 5.57 Å². The first-order valence-corrected chi connectivity index (χ1v) is 6.07. The molecule has 3 nitrogen and oxygen atoms in total. The van der Waals surface area contributed by atoms with Gasteiger partial charge in [-0.2, -0.15) is 0 Å². The van der Waals surface area contributed by atoms with Gasteiger partial charge in [-0.25, -0.2) is 0 Å². The van der Waals surface area contributed by atoms with Crippen molar-refractivity contribution in [3.05, 3.63) is 42.5 Å². The van der Waals surface area contributed by atoms with Crippen LogP contribution in [0, 0.1) is 0 Å². The second-order valence-electron chi connectivity index (χ2n) is 4.12. The van der Waals surface area contributed by atoms with Crippen LogP contribution in [0.4, 0.5) is 0 Å². The molecule has 94 valence electrons. The first-order chi connectivity index (χ1) is 8.26. The van der Waals surface area contributed by atoms with Crippen LogP contribution in [0.25, 0.3) is 0 Å². The van der Waals surface area contributed by atoms with Gasteiger partial charge in [-0.15, -0.1) is 0 Å². The zero-order chi connectivity index (χ0) is 12.5. The molecule has 0 heterocycles. The minimum atomic E-state index is 0.242. The van der Waals surface area contributed by atoms with Crippen molar-refractivity contribution in [3.8, 4) is 5.75 Å². The molecule has 3 N–H and O–H groups in total. The van der Waals surface area contributed by atoms with Crippen molar-refractivity contribution >= 4 is 0 Å². The zero-order valence-corrected chi connectivity index (χ0v) is 10.5. The zero-order valence-electron chi connectivity index (χ0n) is 10.5. The number of rotatable bonds is 8. The summed E-state index contributed by atoms with van der Waals surface area (Å²) in [6, 6.07) is 10.1. The maximum atomic E-state index is 5.63. The summed E-state index contributed by atoms with van der Waals surface area (Å²) >= 11 is 0. The molecular weight excluding hydrogens is 212 g/mol. The summed E-state index contributed by atoms with van der Waals surface area (Å²) in [4.78, 5) is 0. The number of nitrogens with one attached hydrogen (secondary N) is 1. The lowest BCUT2D eigenvalue weighted by Gasteiger charge is -2.17. The molecule has 0 saturated carbocycles. The Morgan fingerprint density at radius 1 is 1.41 bits per heavy atom. The summed E-state index contributed by atoms with van der Waals surface area (Å²) in [5, 5.41) is 0. The third-order valence-corrected chi connectivity index (χ3v) is 2.75. The molecule has 0 aliphatic rings. The molecule has 0 amide bonds. The lowest BCUT2D eigenvalue weighted by Crippen LogP contribution is -2.36. The molecule has 1 aromatic rings. The molecule has 3 heteroatoms. The van der Waals surface area contributed by atoms with Crippen LogP contribution in [0.3, 0.4) is 0 Å². The number of para-hydroxylation sites is 1. The number of benzene rings is 1. The van der Waals surface area contributed by atoms with Crippen LogP contribution in [-0.2, 0) is 0 Å². The van der Waals surface area contributed by atoms with Gasteiger partial charge in [0.15, 0.2) is 0 Å². The van der Waals surface area contributed by atoms with Gasteiger partial charge >= 0.3 is 0 Å². The standard InChI is InChI=1S/C14H22N2O/c1-3-12(2)11-13(16-15)9-10-17-14-7-5-4-6-8-14/h4-8,13,16H,2-3,9-11,15H2,1H3. The lowest BCUT2D eigenvalue weighted by atomic mass is 10.0. The third kappa shape index (κ3) is 5.52. The van der Waals surface area contributed by atoms with Crippen LogP contribution in [0.15, 0.2) is 42.5 Å². The topological polar surface area (TPSA) is 47.3 Å². The Labute approximate surface area is 104 Å². The highest BCUT2D eigenvalue weighted by atomic mass is 16.5. The van der Waals surface area contributed by atoms with Gasteiger partial charge in [-0.1, -0.05) is 37.3 Å². The van der Waals surface area contributed by atoms with Crippen molar-refractivity contribution in [2.75, 3.05) is 6.61 Å². The highest BCUT2D eigenvalue weighted by Crippen LogP contribution is 2.12. The van der Waals surface area contributed by atoms with Gasteiger partial charge < -0.3 is 4.74 Å². The maximum absolute atomic E-state index is 5.63. The Bertz CT molecular complexity index is 324. The van der Waals surface area contributed by atoms with Gasteiger partial charge in [0, 0.05) is 6.04 Å². The van der Waals surface area contributed by atoms with E-state index in [0.717, 1.165) is 25.0 Å². The van der Waals surface area contributed by atoms with E-state index in [1.54, 1.807) is 0 Å². The summed E-state index contributed by atoms with van der Waals surface area (Å²) in [7, 11) is 0.